The minimum Gasteiger partial charge on any atom is -0.508 e. The molecular weight excluding hydrogens is 276 g/mol. The van der Waals surface area contributed by atoms with Gasteiger partial charge in [0.05, 0.1) is 0 Å². The number of phenols is 2. The van der Waals surface area contributed by atoms with Gasteiger partial charge in [-0.25, -0.2) is 0 Å². The summed E-state index contributed by atoms with van der Waals surface area (Å²) in [6.45, 7) is 3.53. The number of Topliss-reactive ketones (excluding diaryl/α,β-unsaturated/α-hetero) is 1. The quantitative estimate of drug-likeness (QED) is 0.832. The smallest absolute Gasteiger partial charge is 0.184 e. The Balaban J connectivity index is 2.18. The molecule has 0 saturated heterocycles. The van der Waals surface area contributed by atoms with Crippen LogP contribution in [0.25, 0.3) is 12.2 Å². The fraction of sp³-hybridized carbons (Fsp3) is 0.105. The maximum absolute atomic E-state index is 12.4. The summed E-state index contributed by atoms with van der Waals surface area (Å²) in [5, 5.41) is 18.5. The fourth-order valence-corrected chi connectivity index (χ4v) is 2.08. The highest BCUT2D eigenvalue weighted by Gasteiger charge is 2.07. The average molecular weight is 294 g/mol. The van der Waals surface area contributed by atoms with Gasteiger partial charge in [-0.1, -0.05) is 24.3 Å². The van der Waals surface area contributed by atoms with Crippen LogP contribution in [-0.2, 0) is 4.79 Å². The number of benzene rings is 2. The van der Waals surface area contributed by atoms with Gasteiger partial charge in [-0.2, -0.15) is 0 Å². The Labute approximate surface area is 129 Å². The zero-order valence-corrected chi connectivity index (χ0v) is 12.6. The van der Waals surface area contributed by atoms with Gasteiger partial charge in [0.15, 0.2) is 5.78 Å². The van der Waals surface area contributed by atoms with Crippen molar-refractivity contribution in [1.82, 2.24) is 0 Å². The van der Waals surface area contributed by atoms with Crippen LogP contribution in [0.3, 0.4) is 0 Å². The largest absolute Gasteiger partial charge is 0.508 e. The normalized spacial score (nSPS) is 12.3. The van der Waals surface area contributed by atoms with Crippen LogP contribution in [0.4, 0.5) is 0 Å². The first-order chi connectivity index (χ1) is 10.5. The minimum atomic E-state index is -0.0406. The van der Waals surface area contributed by atoms with Gasteiger partial charge in [-0.05, 0) is 72.5 Å². The average Bonchev–Trinajstić information content (AvgIpc) is 2.51. The van der Waals surface area contributed by atoms with Crippen molar-refractivity contribution < 1.29 is 15.0 Å². The molecule has 0 aliphatic carbocycles. The number of allylic oxidation sites excluding steroid dienone is 2. The molecule has 3 heteroatoms. The lowest BCUT2D eigenvalue weighted by Crippen LogP contribution is -2.01. The Kier molecular flexibility index (Phi) is 4.79. The third kappa shape index (κ3) is 4.09. The van der Waals surface area contributed by atoms with Gasteiger partial charge in [0.2, 0.25) is 0 Å². The Morgan fingerprint density at radius 2 is 1.05 bits per heavy atom. The first-order valence-corrected chi connectivity index (χ1v) is 6.95. The molecule has 0 aliphatic rings. The van der Waals surface area contributed by atoms with Crippen molar-refractivity contribution in [1.29, 1.82) is 0 Å². The first kappa shape index (κ1) is 15.6. The number of carbonyl (C=O) groups excluding carboxylic acids is 1. The van der Waals surface area contributed by atoms with E-state index < -0.39 is 0 Å². The van der Waals surface area contributed by atoms with Crippen molar-refractivity contribution in [3.05, 3.63) is 70.8 Å². The van der Waals surface area contributed by atoms with Crippen LogP contribution >= 0.6 is 0 Å². The molecule has 3 nitrogen and oxygen atoms in total. The van der Waals surface area contributed by atoms with Crippen LogP contribution < -0.4 is 0 Å². The molecule has 0 spiro atoms. The molecule has 0 aliphatic heterocycles. The third-order valence-corrected chi connectivity index (χ3v) is 3.27. The molecular formula is C19H18O3. The van der Waals surface area contributed by atoms with E-state index in [-0.39, 0.29) is 17.3 Å². The van der Waals surface area contributed by atoms with Crippen molar-refractivity contribution in [2.24, 2.45) is 0 Å². The van der Waals surface area contributed by atoms with E-state index in [0.29, 0.717) is 11.1 Å². The molecule has 2 rings (SSSR count). The Bertz CT molecular complexity index is 657. The van der Waals surface area contributed by atoms with E-state index in [0.717, 1.165) is 11.1 Å². The molecule has 0 unspecified atom stereocenters. The highest BCUT2D eigenvalue weighted by molar-refractivity contribution is 6.12. The summed E-state index contributed by atoms with van der Waals surface area (Å²) in [5.41, 5.74) is 2.97. The van der Waals surface area contributed by atoms with Crippen LogP contribution in [-0.4, -0.2) is 16.0 Å². The molecule has 0 atom stereocenters. The second kappa shape index (κ2) is 6.76. The molecule has 0 saturated carbocycles. The summed E-state index contributed by atoms with van der Waals surface area (Å²) in [4.78, 5) is 12.4. The van der Waals surface area contributed by atoms with E-state index in [1.54, 1.807) is 74.5 Å². The van der Waals surface area contributed by atoms with E-state index in [1.165, 1.54) is 0 Å². The van der Waals surface area contributed by atoms with Crippen LogP contribution in [0.5, 0.6) is 11.5 Å². The van der Waals surface area contributed by atoms with Gasteiger partial charge in [0.25, 0.3) is 0 Å². The van der Waals surface area contributed by atoms with Crippen LogP contribution in [0.2, 0.25) is 0 Å². The van der Waals surface area contributed by atoms with Crippen molar-refractivity contribution in [3.63, 3.8) is 0 Å². The van der Waals surface area contributed by atoms with Crippen molar-refractivity contribution in [2.75, 3.05) is 0 Å². The predicted octanol–water partition coefficient (Wildman–Crippen LogP) is 4.17. The summed E-state index contributed by atoms with van der Waals surface area (Å²) in [6.07, 6.45) is 3.58. The van der Waals surface area contributed by atoms with Gasteiger partial charge in [0, 0.05) is 0 Å². The molecule has 0 heterocycles. The van der Waals surface area contributed by atoms with E-state index in [1.807, 2.05) is 0 Å². The highest BCUT2D eigenvalue weighted by atomic mass is 16.3. The monoisotopic (exact) mass is 294 g/mol. The highest BCUT2D eigenvalue weighted by Crippen LogP contribution is 2.17. The van der Waals surface area contributed by atoms with Gasteiger partial charge in [-0.3, -0.25) is 4.79 Å². The number of hydrogen-bond donors (Lipinski definition) is 2. The van der Waals surface area contributed by atoms with Gasteiger partial charge >= 0.3 is 0 Å². The molecule has 2 aromatic carbocycles. The molecule has 112 valence electrons. The first-order valence-electron chi connectivity index (χ1n) is 6.95. The lowest BCUT2D eigenvalue weighted by molar-refractivity contribution is -0.112. The maximum Gasteiger partial charge on any atom is 0.184 e. The Hall–Kier alpha value is -2.81. The van der Waals surface area contributed by atoms with Crippen molar-refractivity contribution in [2.45, 2.75) is 13.8 Å². The fourth-order valence-electron chi connectivity index (χ4n) is 2.08. The molecule has 0 aromatic heterocycles. The predicted molar refractivity (Wildman–Crippen MR) is 88.5 cm³/mol. The lowest BCUT2D eigenvalue weighted by atomic mass is 10.0. The summed E-state index contributed by atoms with van der Waals surface area (Å²) in [5.74, 6) is 0.357. The van der Waals surface area contributed by atoms with E-state index in [4.69, 9.17) is 0 Å². The summed E-state index contributed by atoms with van der Waals surface area (Å²) >= 11 is 0. The van der Waals surface area contributed by atoms with Gasteiger partial charge < -0.3 is 10.2 Å². The standard InChI is InChI=1S/C19H18O3/c1-13(11-15-3-7-17(20)8-4-15)19(22)14(2)12-16-5-9-18(21)10-6-16/h3-12,20-21H,1-2H3. The van der Waals surface area contributed by atoms with Crippen molar-refractivity contribution in [3.8, 4) is 11.5 Å². The summed E-state index contributed by atoms with van der Waals surface area (Å²) in [7, 11) is 0. The number of rotatable bonds is 4. The van der Waals surface area contributed by atoms with E-state index in [9.17, 15) is 15.0 Å². The molecule has 0 amide bonds. The zero-order chi connectivity index (χ0) is 16.1. The third-order valence-electron chi connectivity index (χ3n) is 3.27. The number of ketones is 1. The Morgan fingerprint density at radius 1 is 0.727 bits per heavy atom. The van der Waals surface area contributed by atoms with Gasteiger partial charge in [-0.15, -0.1) is 0 Å². The topological polar surface area (TPSA) is 57.5 Å². The second-order valence-corrected chi connectivity index (χ2v) is 5.17. The van der Waals surface area contributed by atoms with Crippen molar-refractivity contribution >= 4 is 17.9 Å². The number of carbonyl (C=O) groups is 1. The maximum atomic E-state index is 12.4. The number of hydrogen-bond acceptors (Lipinski definition) is 3. The molecule has 0 bridgehead atoms. The van der Waals surface area contributed by atoms with Crippen LogP contribution in [0.1, 0.15) is 25.0 Å². The van der Waals surface area contributed by atoms with Crippen LogP contribution in [0, 0.1) is 0 Å². The SMILES string of the molecule is CC(=Cc1ccc(O)cc1)C(=O)C(C)=Cc1ccc(O)cc1. The Morgan fingerprint density at radius 3 is 1.36 bits per heavy atom. The van der Waals surface area contributed by atoms with Crippen LogP contribution in [0.15, 0.2) is 59.7 Å². The second-order valence-electron chi connectivity index (χ2n) is 5.17. The molecule has 2 aromatic rings. The molecule has 22 heavy (non-hydrogen) atoms. The summed E-state index contributed by atoms with van der Waals surface area (Å²) < 4.78 is 0. The number of phenolic OH excluding ortho intramolecular Hbond substituents is 2. The minimum absolute atomic E-state index is 0.0406. The molecule has 0 fully saturated rings. The molecule has 2 N–H and O–H groups in total. The lowest BCUT2D eigenvalue weighted by Gasteiger charge is -2.03. The number of aromatic hydroxyl groups is 2. The zero-order valence-electron chi connectivity index (χ0n) is 12.6. The van der Waals surface area contributed by atoms with Gasteiger partial charge in [0.1, 0.15) is 11.5 Å². The van der Waals surface area contributed by atoms with E-state index in [2.05, 4.69) is 0 Å². The summed E-state index contributed by atoms with van der Waals surface area (Å²) in [6, 6.07) is 13.4. The molecule has 0 radical (unpaired) electrons. The van der Waals surface area contributed by atoms with E-state index >= 15 is 0 Å².